The van der Waals surface area contributed by atoms with Crippen molar-refractivity contribution in [2.24, 2.45) is 0 Å². The van der Waals surface area contributed by atoms with E-state index in [1.807, 2.05) is 24.3 Å². The van der Waals surface area contributed by atoms with Crippen molar-refractivity contribution >= 4 is 23.2 Å². The van der Waals surface area contributed by atoms with Crippen molar-refractivity contribution in [2.45, 2.75) is 32.7 Å². The van der Waals surface area contributed by atoms with Crippen LogP contribution in [-0.2, 0) is 16.1 Å². The lowest BCUT2D eigenvalue weighted by Crippen LogP contribution is -2.33. The number of amides is 2. The van der Waals surface area contributed by atoms with Gasteiger partial charge in [-0.15, -0.1) is 0 Å². The minimum atomic E-state index is -0.303. The van der Waals surface area contributed by atoms with Crippen molar-refractivity contribution in [3.8, 4) is 0 Å². The topological polar surface area (TPSA) is 52.7 Å². The molecule has 2 aromatic carbocycles. The molecule has 0 radical (unpaired) electrons. The maximum atomic E-state index is 12.9. The summed E-state index contributed by atoms with van der Waals surface area (Å²) in [5.74, 6) is -0.549. The van der Waals surface area contributed by atoms with Gasteiger partial charge in [0, 0.05) is 50.9 Å². The highest BCUT2D eigenvalue weighted by Gasteiger charge is 2.16. The zero-order chi connectivity index (χ0) is 19.9. The number of rotatable bonds is 7. The fourth-order valence-corrected chi connectivity index (χ4v) is 3.39. The molecule has 1 heterocycles. The molecule has 0 spiro atoms. The first-order valence-corrected chi connectivity index (χ1v) is 9.67. The van der Waals surface area contributed by atoms with Gasteiger partial charge in [-0.05, 0) is 54.8 Å². The average molecular weight is 383 g/mol. The van der Waals surface area contributed by atoms with Crippen molar-refractivity contribution in [2.75, 3.05) is 29.4 Å². The maximum Gasteiger partial charge on any atom is 0.223 e. The molecule has 148 valence electrons. The summed E-state index contributed by atoms with van der Waals surface area (Å²) < 4.78 is 12.9. The van der Waals surface area contributed by atoms with Gasteiger partial charge in [0.25, 0.3) is 0 Å². The van der Waals surface area contributed by atoms with Crippen LogP contribution in [0.1, 0.15) is 31.7 Å². The fraction of sp³-hybridized carbons (Fsp3) is 0.364. The summed E-state index contributed by atoms with van der Waals surface area (Å²) in [5.41, 5.74) is 2.79. The highest BCUT2D eigenvalue weighted by molar-refractivity contribution is 5.92. The first-order valence-electron chi connectivity index (χ1n) is 9.67. The average Bonchev–Trinajstić information content (AvgIpc) is 3.23. The van der Waals surface area contributed by atoms with E-state index in [0.717, 1.165) is 24.3 Å². The molecule has 28 heavy (non-hydrogen) atoms. The predicted octanol–water partition coefficient (Wildman–Crippen LogP) is 3.49. The largest absolute Gasteiger partial charge is 0.372 e. The molecular formula is C22H26FN3O2. The molecule has 1 N–H and O–H groups in total. The Balaban J connectivity index is 1.53. The SMILES string of the molecule is CC(=O)N(CCC(=O)NCc1ccc(F)cc1)c1ccc(N2CCCC2)cc1. The van der Waals surface area contributed by atoms with Gasteiger partial charge < -0.3 is 15.1 Å². The van der Waals surface area contributed by atoms with Gasteiger partial charge in [0.05, 0.1) is 0 Å². The van der Waals surface area contributed by atoms with E-state index in [0.29, 0.717) is 13.1 Å². The maximum absolute atomic E-state index is 12.9. The van der Waals surface area contributed by atoms with Gasteiger partial charge in [0.2, 0.25) is 11.8 Å². The Hall–Kier alpha value is -2.89. The van der Waals surface area contributed by atoms with Crippen LogP contribution in [0, 0.1) is 5.82 Å². The van der Waals surface area contributed by atoms with Crippen LogP contribution in [0.5, 0.6) is 0 Å². The molecule has 0 bridgehead atoms. The first-order chi connectivity index (χ1) is 13.5. The van der Waals surface area contributed by atoms with Crippen LogP contribution >= 0.6 is 0 Å². The molecule has 1 aliphatic heterocycles. The summed E-state index contributed by atoms with van der Waals surface area (Å²) in [6, 6.07) is 13.9. The second-order valence-electron chi connectivity index (χ2n) is 7.03. The lowest BCUT2D eigenvalue weighted by atomic mass is 10.2. The number of hydrogen-bond donors (Lipinski definition) is 1. The normalized spacial score (nSPS) is 13.4. The van der Waals surface area contributed by atoms with E-state index in [1.54, 1.807) is 17.0 Å². The van der Waals surface area contributed by atoms with E-state index in [9.17, 15) is 14.0 Å². The Morgan fingerprint density at radius 3 is 2.29 bits per heavy atom. The first kappa shape index (κ1) is 19.9. The molecular weight excluding hydrogens is 357 g/mol. The lowest BCUT2D eigenvalue weighted by Gasteiger charge is -2.23. The summed E-state index contributed by atoms with van der Waals surface area (Å²) in [6.07, 6.45) is 2.64. The van der Waals surface area contributed by atoms with Gasteiger partial charge in [-0.25, -0.2) is 4.39 Å². The number of carbonyl (C=O) groups excluding carboxylic acids is 2. The summed E-state index contributed by atoms with van der Waals surface area (Å²) in [7, 11) is 0. The Bertz CT molecular complexity index is 800. The zero-order valence-electron chi connectivity index (χ0n) is 16.2. The third kappa shape index (κ3) is 5.31. The minimum absolute atomic E-state index is 0.0970. The summed E-state index contributed by atoms with van der Waals surface area (Å²) in [5, 5.41) is 2.80. The van der Waals surface area contributed by atoms with Crippen molar-refractivity contribution in [3.05, 3.63) is 59.9 Å². The van der Waals surface area contributed by atoms with Crippen LogP contribution in [0.15, 0.2) is 48.5 Å². The van der Waals surface area contributed by atoms with Gasteiger partial charge in [-0.3, -0.25) is 9.59 Å². The number of nitrogens with one attached hydrogen (secondary N) is 1. The van der Waals surface area contributed by atoms with Crippen LogP contribution in [0.2, 0.25) is 0 Å². The highest BCUT2D eigenvalue weighted by Crippen LogP contribution is 2.24. The number of nitrogens with zero attached hydrogens (tertiary/aromatic N) is 2. The van der Waals surface area contributed by atoms with E-state index < -0.39 is 0 Å². The molecule has 0 aliphatic carbocycles. The number of anilines is 2. The summed E-state index contributed by atoms with van der Waals surface area (Å²) >= 11 is 0. The van der Waals surface area contributed by atoms with Crippen molar-refractivity contribution in [3.63, 3.8) is 0 Å². The molecule has 1 saturated heterocycles. The Kier molecular flexibility index (Phi) is 6.63. The smallest absolute Gasteiger partial charge is 0.223 e. The zero-order valence-corrected chi connectivity index (χ0v) is 16.2. The molecule has 1 aliphatic rings. The number of carbonyl (C=O) groups is 2. The van der Waals surface area contributed by atoms with E-state index in [4.69, 9.17) is 0 Å². The molecule has 0 atom stereocenters. The number of hydrogen-bond acceptors (Lipinski definition) is 3. The van der Waals surface area contributed by atoms with E-state index in [2.05, 4.69) is 10.2 Å². The number of halogens is 1. The molecule has 0 saturated carbocycles. The molecule has 0 aromatic heterocycles. The lowest BCUT2D eigenvalue weighted by molar-refractivity contribution is -0.121. The molecule has 3 rings (SSSR count). The van der Waals surface area contributed by atoms with Crippen LogP contribution in [0.4, 0.5) is 15.8 Å². The Morgan fingerprint density at radius 1 is 1.04 bits per heavy atom. The molecule has 2 amide bonds. The van der Waals surface area contributed by atoms with Crippen molar-refractivity contribution in [1.29, 1.82) is 0 Å². The third-order valence-corrected chi connectivity index (χ3v) is 4.98. The van der Waals surface area contributed by atoms with Gasteiger partial charge in [-0.2, -0.15) is 0 Å². The summed E-state index contributed by atoms with van der Waals surface area (Å²) in [4.78, 5) is 28.2. The van der Waals surface area contributed by atoms with E-state index in [-0.39, 0.29) is 24.1 Å². The summed E-state index contributed by atoms with van der Waals surface area (Å²) in [6.45, 7) is 4.30. The van der Waals surface area contributed by atoms with Crippen molar-refractivity contribution < 1.29 is 14.0 Å². The van der Waals surface area contributed by atoms with Crippen LogP contribution in [0.25, 0.3) is 0 Å². The van der Waals surface area contributed by atoms with E-state index >= 15 is 0 Å². The molecule has 6 heteroatoms. The van der Waals surface area contributed by atoms with Gasteiger partial charge >= 0.3 is 0 Å². The van der Waals surface area contributed by atoms with Crippen molar-refractivity contribution in [1.82, 2.24) is 5.32 Å². The second-order valence-corrected chi connectivity index (χ2v) is 7.03. The molecule has 0 unspecified atom stereocenters. The number of benzene rings is 2. The van der Waals surface area contributed by atoms with Crippen LogP contribution in [0.3, 0.4) is 0 Å². The van der Waals surface area contributed by atoms with Gasteiger partial charge in [-0.1, -0.05) is 12.1 Å². The molecule has 5 nitrogen and oxygen atoms in total. The quantitative estimate of drug-likeness (QED) is 0.796. The van der Waals surface area contributed by atoms with E-state index in [1.165, 1.54) is 37.6 Å². The second kappa shape index (κ2) is 9.35. The monoisotopic (exact) mass is 383 g/mol. The minimum Gasteiger partial charge on any atom is -0.372 e. The standard InChI is InChI=1S/C22H26FN3O2/c1-17(27)26(21-10-8-20(9-11-21)25-13-2-3-14-25)15-12-22(28)24-16-18-4-6-19(23)7-5-18/h4-11H,2-3,12-16H2,1H3,(H,24,28). The fourth-order valence-electron chi connectivity index (χ4n) is 3.39. The van der Waals surface area contributed by atoms with Crippen LogP contribution < -0.4 is 15.1 Å². The van der Waals surface area contributed by atoms with Gasteiger partial charge in [0.1, 0.15) is 5.82 Å². The van der Waals surface area contributed by atoms with Gasteiger partial charge in [0.15, 0.2) is 0 Å². The van der Waals surface area contributed by atoms with Crippen LogP contribution in [-0.4, -0.2) is 31.4 Å². The molecule has 1 fully saturated rings. The Labute approximate surface area is 165 Å². The molecule has 2 aromatic rings. The Morgan fingerprint density at radius 2 is 1.68 bits per heavy atom. The highest BCUT2D eigenvalue weighted by atomic mass is 19.1. The predicted molar refractivity (Wildman–Crippen MR) is 109 cm³/mol. The third-order valence-electron chi connectivity index (χ3n) is 4.98.